The van der Waals surface area contributed by atoms with Gasteiger partial charge in [0.2, 0.25) is 0 Å². The second-order valence-electron chi connectivity index (χ2n) is 6.06. The number of rotatable bonds is 2. The van der Waals surface area contributed by atoms with Crippen molar-refractivity contribution in [3.8, 4) is 11.3 Å². The van der Waals surface area contributed by atoms with Gasteiger partial charge in [0.05, 0.1) is 5.69 Å². The SMILES string of the molecule is CC(C)n1c2c(c(-c3ccccc3)nc1=O)CCCCC2. The third-order valence-electron chi connectivity index (χ3n) is 4.24. The van der Waals surface area contributed by atoms with Crippen LogP contribution in [0.15, 0.2) is 35.1 Å². The Balaban J connectivity index is 2.27. The summed E-state index contributed by atoms with van der Waals surface area (Å²) < 4.78 is 1.90. The predicted octanol–water partition coefficient (Wildman–Crippen LogP) is 3.76. The molecular weight excluding hydrogens is 260 g/mol. The lowest BCUT2D eigenvalue weighted by molar-refractivity contribution is 0.530. The number of fused-ring (bicyclic) bond motifs is 1. The van der Waals surface area contributed by atoms with Gasteiger partial charge in [-0.2, -0.15) is 4.98 Å². The Morgan fingerprint density at radius 3 is 2.48 bits per heavy atom. The molecule has 1 aliphatic rings. The third-order valence-corrected chi connectivity index (χ3v) is 4.24. The molecule has 21 heavy (non-hydrogen) atoms. The van der Waals surface area contributed by atoms with Gasteiger partial charge >= 0.3 is 5.69 Å². The number of aromatic nitrogens is 2. The highest BCUT2D eigenvalue weighted by Gasteiger charge is 2.20. The highest BCUT2D eigenvalue weighted by atomic mass is 16.1. The molecule has 0 aliphatic heterocycles. The topological polar surface area (TPSA) is 34.9 Å². The summed E-state index contributed by atoms with van der Waals surface area (Å²) in [5, 5.41) is 0. The molecular formula is C18H22N2O. The number of nitrogens with zero attached hydrogens (tertiary/aromatic N) is 2. The Kier molecular flexibility index (Phi) is 3.91. The molecule has 3 rings (SSSR count). The van der Waals surface area contributed by atoms with Crippen LogP contribution in [0.5, 0.6) is 0 Å². The molecule has 0 saturated carbocycles. The van der Waals surface area contributed by atoms with Gasteiger partial charge in [-0.1, -0.05) is 36.8 Å². The summed E-state index contributed by atoms with van der Waals surface area (Å²) in [4.78, 5) is 16.9. The largest absolute Gasteiger partial charge is 0.348 e. The lowest BCUT2D eigenvalue weighted by Gasteiger charge is -2.20. The Hall–Kier alpha value is -1.90. The quantitative estimate of drug-likeness (QED) is 0.786. The zero-order chi connectivity index (χ0) is 14.8. The van der Waals surface area contributed by atoms with Crippen molar-refractivity contribution in [2.24, 2.45) is 0 Å². The summed E-state index contributed by atoms with van der Waals surface area (Å²) in [6, 6.07) is 10.3. The molecule has 2 aromatic rings. The summed E-state index contributed by atoms with van der Waals surface area (Å²) in [6.07, 6.45) is 5.60. The molecule has 0 unspecified atom stereocenters. The maximum atomic E-state index is 12.5. The smallest absolute Gasteiger partial charge is 0.293 e. The van der Waals surface area contributed by atoms with E-state index >= 15 is 0 Å². The van der Waals surface area contributed by atoms with Crippen LogP contribution in [0.2, 0.25) is 0 Å². The maximum Gasteiger partial charge on any atom is 0.348 e. The summed E-state index contributed by atoms with van der Waals surface area (Å²) in [6.45, 7) is 4.13. The fourth-order valence-electron chi connectivity index (χ4n) is 3.29. The Labute approximate surface area is 125 Å². The van der Waals surface area contributed by atoms with Crippen LogP contribution in [0.4, 0.5) is 0 Å². The highest BCUT2D eigenvalue weighted by molar-refractivity contribution is 5.63. The molecule has 0 spiro atoms. The monoisotopic (exact) mass is 282 g/mol. The predicted molar refractivity (Wildman–Crippen MR) is 85.6 cm³/mol. The molecule has 1 aromatic carbocycles. The van der Waals surface area contributed by atoms with Gasteiger partial charge in [-0.05, 0) is 45.1 Å². The van der Waals surface area contributed by atoms with E-state index in [0.29, 0.717) is 0 Å². The van der Waals surface area contributed by atoms with E-state index in [-0.39, 0.29) is 11.7 Å². The van der Waals surface area contributed by atoms with Crippen molar-refractivity contribution in [2.75, 3.05) is 0 Å². The van der Waals surface area contributed by atoms with Gasteiger partial charge in [0.15, 0.2) is 0 Å². The lowest BCUT2D eigenvalue weighted by Crippen LogP contribution is -2.30. The van der Waals surface area contributed by atoms with E-state index in [0.717, 1.165) is 30.5 Å². The first kappa shape index (κ1) is 14.1. The Morgan fingerprint density at radius 2 is 1.76 bits per heavy atom. The lowest BCUT2D eigenvalue weighted by atomic mass is 10.0. The molecule has 0 saturated heterocycles. The minimum atomic E-state index is -0.107. The second kappa shape index (κ2) is 5.84. The number of benzene rings is 1. The number of hydrogen-bond acceptors (Lipinski definition) is 2. The van der Waals surface area contributed by atoms with Crippen LogP contribution >= 0.6 is 0 Å². The molecule has 3 nitrogen and oxygen atoms in total. The molecule has 1 aliphatic carbocycles. The number of hydrogen-bond donors (Lipinski definition) is 0. The van der Waals surface area contributed by atoms with E-state index in [9.17, 15) is 4.79 Å². The Morgan fingerprint density at radius 1 is 1.05 bits per heavy atom. The molecule has 1 aromatic heterocycles. The second-order valence-corrected chi connectivity index (χ2v) is 6.06. The van der Waals surface area contributed by atoms with Crippen LogP contribution in [0.25, 0.3) is 11.3 Å². The van der Waals surface area contributed by atoms with Crippen LogP contribution in [-0.2, 0) is 12.8 Å². The molecule has 0 bridgehead atoms. The van der Waals surface area contributed by atoms with E-state index in [1.807, 2.05) is 34.9 Å². The van der Waals surface area contributed by atoms with Crippen LogP contribution in [0.1, 0.15) is 50.4 Å². The Bertz CT molecular complexity index is 686. The molecule has 3 heteroatoms. The van der Waals surface area contributed by atoms with Crippen LogP contribution < -0.4 is 5.69 Å². The first-order valence-corrected chi connectivity index (χ1v) is 7.88. The van der Waals surface area contributed by atoms with Crippen LogP contribution in [-0.4, -0.2) is 9.55 Å². The van der Waals surface area contributed by atoms with E-state index in [1.165, 1.54) is 24.1 Å². The summed E-state index contributed by atoms with van der Waals surface area (Å²) >= 11 is 0. The average Bonchev–Trinajstić information content (AvgIpc) is 2.72. The molecule has 0 atom stereocenters. The van der Waals surface area contributed by atoms with Gasteiger partial charge in [-0.3, -0.25) is 4.57 Å². The molecule has 1 heterocycles. The van der Waals surface area contributed by atoms with Gasteiger partial charge < -0.3 is 0 Å². The average molecular weight is 282 g/mol. The molecule has 110 valence electrons. The van der Waals surface area contributed by atoms with Gasteiger partial charge in [0, 0.05) is 17.3 Å². The normalized spacial score (nSPS) is 14.8. The van der Waals surface area contributed by atoms with E-state index in [1.54, 1.807) is 0 Å². The van der Waals surface area contributed by atoms with E-state index < -0.39 is 0 Å². The van der Waals surface area contributed by atoms with Crippen LogP contribution in [0, 0.1) is 0 Å². The molecule has 0 radical (unpaired) electrons. The molecule has 0 N–H and O–H groups in total. The summed E-state index contributed by atoms with van der Waals surface area (Å²) in [5.74, 6) is 0. The highest BCUT2D eigenvalue weighted by Crippen LogP contribution is 2.29. The standard InChI is InChI=1S/C18H22N2O/c1-13(2)20-16-12-8-4-7-11-15(16)17(19-18(20)21)14-9-5-3-6-10-14/h3,5-6,9-10,13H,4,7-8,11-12H2,1-2H3. The summed E-state index contributed by atoms with van der Waals surface area (Å²) in [7, 11) is 0. The molecule has 0 fully saturated rings. The third kappa shape index (κ3) is 2.65. The zero-order valence-electron chi connectivity index (χ0n) is 12.8. The van der Waals surface area contributed by atoms with Crippen molar-refractivity contribution in [1.29, 1.82) is 0 Å². The minimum Gasteiger partial charge on any atom is -0.293 e. The van der Waals surface area contributed by atoms with Crippen molar-refractivity contribution in [3.05, 3.63) is 52.1 Å². The van der Waals surface area contributed by atoms with Crippen molar-refractivity contribution >= 4 is 0 Å². The molecule has 0 amide bonds. The van der Waals surface area contributed by atoms with Gasteiger partial charge in [-0.15, -0.1) is 0 Å². The fraction of sp³-hybridized carbons (Fsp3) is 0.444. The van der Waals surface area contributed by atoms with Crippen molar-refractivity contribution in [1.82, 2.24) is 9.55 Å². The van der Waals surface area contributed by atoms with E-state index in [2.05, 4.69) is 18.8 Å². The summed E-state index contributed by atoms with van der Waals surface area (Å²) in [5.41, 5.74) is 4.34. The van der Waals surface area contributed by atoms with Gasteiger partial charge in [0.1, 0.15) is 0 Å². The maximum absolute atomic E-state index is 12.5. The van der Waals surface area contributed by atoms with Crippen molar-refractivity contribution in [2.45, 2.75) is 52.0 Å². The zero-order valence-corrected chi connectivity index (χ0v) is 12.8. The van der Waals surface area contributed by atoms with Gasteiger partial charge in [0.25, 0.3) is 0 Å². The minimum absolute atomic E-state index is 0.107. The van der Waals surface area contributed by atoms with Crippen molar-refractivity contribution in [3.63, 3.8) is 0 Å². The van der Waals surface area contributed by atoms with E-state index in [4.69, 9.17) is 0 Å². The van der Waals surface area contributed by atoms with Crippen LogP contribution in [0.3, 0.4) is 0 Å². The fourth-order valence-corrected chi connectivity index (χ4v) is 3.29. The van der Waals surface area contributed by atoms with Gasteiger partial charge in [-0.25, -0.2) is 4.79 Å². The first-order chi connectivity index (χ1) is 10.2. The first-order valence-electron chi connectivity index (χ1n) is 7.88. The van der Waals surface area contributed by atoms with Crippen molar-refractivity contribution < 1.29 is 0 Å².